The number of methoxy groups -OCH3 is 1. The summed E-state index contributed by atoms with van der Waals surface area (Å²) in [4.78, 5) is 11.9. The van der Waals surface area contributed by atoms with Crippen molar-refractivity contribution >= 4 is 22.7 Å². The molecule has 31 heavy (non-hydrogen) atoms. The van der Waals surface area contributed by atoms with Crippen LogP contribution in [0, 0.1) is 13.8 Å². The Morgan fingerprint density at radius 2 is 1.35 bits per heavy atom. The monoisotopic (exact) mass is 406 g/mol. The third-order valence-electron chi connectivity index (χ3n) is 6.47. The summed E-state index contributed by atoms with van der Waals surface area (Å²) in [7, 11) is 1.42. The summed E-state index contributed by atoms with van der Waals surface area (Å²) < 4.78 is 4.87. The molecule has 2 nitrogen and oxygen atoms in total. The maximum Gasteiger partial charge on any atom is 0.337 e. The standard InChI is InChI=1S/C29H26O2/c1-18-7-10-20(11-8-18)23-5-4-6-25-27(21-12-14-22(15-13-21)29(30)31-3)26-17-19(2)9-16-24(26)28(23)25/h7-17H,4-6H2,1-3H3. The molecule has 0 amide bonds. The van der Waals surface area contributed by atoms with Gasteiger partial charge in [0.25, 0.3) is 0 Å². The molecule has 0 saturated carbocycles. The van der Waals surface area contributed by atoms with Gasteiger partial charge >= 0.3 is 5.97 Å². The van der Waals surface area contributed by atoms with Gasteiger partial charge in [-0.2, -0.15) is 0 Å². The van der Waals surface area contributed by atoms with Crippen molar-refractivity contribution in [3.05, 3.63) is 111 Å². The fourth-order valence-corrected chi connectivity index (χ4v) is 4.96. The smallest absolute Gasteiger partial charge is 0.337 e. The van der Waals surface area contributed by atoms with Gasteiger partial charge in [-0.3, -0.25) is 0 Å². The molecule has 0 atom stereocenters. The van der Waals surface area contributed by atoms with Crippen LogP contribution in [0.2, 0.25) is 0 Å². The zero-order chi connectivity index (χ0) is 21.5. The van der Waals surface area contributed by atoms with Crippen LogP contribution in [0.5, 0.6) is 0 Å². The van der Waals surface area contributed by atoms with E-state index >= 15 is 0 Å². The third-order valence-corrected chi connectivity index (χ3v) is 6.47. The predicted octanol–water partition coefficient (Wildman–Crippen LogP) is 7.00. The summed E-state index contributed by atoms with van der Waals surface area (Å²) in [6.45, 7) is 4.29. The van der Waals surface area contributed by atoms with E-state index in [1.54, 1.807) is 0 Å². The molecule has 0 bridgehead atoms. The van der Waals surface area contributed by atoms with Crippen LogP contribution in [0.4, 0.5) is 0 Å². The number of rotatable bonds is 3. The average Bonchev–Trinajstić information content (AvgIpc) is 3.12. The average molecular weight is 407 g/mol. The largest absolute Gasteiger partial charge is 0.465 e. The molecule has 3 aromatic rings. The van der Waals surface area contributed by atoms with E-state index in [4.69, 9.17) is 4.74 Å². The first kappa shape index (κ1) is 19.6. The summed E-state index contributed by atoms with van der Waals surface area (Å²) >= 11 is 0. The molecule has 2 aliphatic rings. The predicted molar refractivity (Wildman–Crippen MR) is 127 cm³/mol. The number of aryl methyl sites for hydroxylation is 2. The Bertz CT molecular complexity index is 1240. The van der Waals surface area contributed by atoms with Gasteiger partial charge in [0.15, 0.2) is 0 Å². The van der Waals surface area contributed by atoms with Gasteiger partial charge in [-0.1, -0.05) is 65.7 Å². The Kier molecular flexibility index (Phi) is 4.86. The van der Waals surface area contributed by atoms with E-state index in [1.165, 1.54) is 57.2 Å². The van der Waals surface area contributed by atoms with E-state index in [2.05, 4.69) is 68.4 Å². The lowest BCUT2D eigenvalue weighted by Gasteiger charge is -2.22. The first-order valence-corrected chi connectivity index (χ1v) is 10.9. The van der Waals surface area contributed by atoms with Crippen LogP contribution in [-0.2, 0) is 4.74 Å². The van der Waals surface area contributed by atoms with Crippen molar-refractivity contribution in [2.24, 2.45) is 0 Å². The van der Waals surface area contributed by atoms with E-state index in [-0.39, 0.29) is 5.97 Å². The first-order chi connectivity index (χ1) is 15.1. The van der Waals surface area contributed by atoms with Crippen LogP contribution >= 0.6 is 0 Å². The molecule has 154 valence electrons. The van der Waals surface area contributed by atoms with Gasteiger partial charge < -0.3 is 4.74 Å². The van der Waals surface area contributed by atoms with Gasteiger partial charge in [0.2, 0.25) is 0 Å². The van der Waals surface area contributed by atoms with Gasteiger partial charge in [0.1, 0.15) is 0 Å². The van der Waals surface area contributed by atoms with E-state index in [1.807, 2.05) is 12.1 Å². The number of hydrogen-bond acceptors (Lipinski definition) is 2. The number of fused-ring (bicyclic) bond motifs is 3. The summed E-state index contributed by atoms with van der Waals surface area (Å²) in [5, 5.41) is 0. The molecule has 0 saturated heterocycles. The van der Waals surface area contributed by atoms with E-state index in [0.717, 1.165) is 24.8 Å². The number of ether oxygens (including phenoxy) is 1. The lowest BCUT2D eigenvalue weighted by molar-refractivity contribution is 0.0600. The van der Waals surface area contributed by atoms with Crippen LogP contribution in [0.1, 0.15) is 63.0 Å². The van der Waals surface area contributed by atoms with Crippen LogP contribution in [-0.4, -0.2) is 13.1 Å². The van der Waals surface area contributed by atoms with E-state index in [0.29, 0.717) is 5.56 Å². The second kappa shape index (κ2) is 7.70. The Morgan fingerprint density at radius 3 is 2.06 bits per heavy atom. The molecule has 2 heteroatoms. The maximum absolute atomic E-state index is 11.9. The molecule has 0 N–H and O–H groups in total. The van der Waals surface area contributed by atoms with Gasteiger partial charge in [0.05, 0.1) is 12.7 Å². The molecule has 3 aromatic carbocycles. The van der Waals surface area contributed by atoms with Gasteiger partial charge in [-0.15, -0.1) is 0 Å². The topological polar surface area (TPSA) is 26.3 Å². The minimum absolute atomic E-state index is 0.299. The van der Waals surface area contributed by atoms with Crippen molar-refractivity contribution < 1.29 is 9.53 Å². The minimum atomic E-state index is -0.299. The molecule has 0 unspecified atom stereocenters. The Balaban J connectivity index is 1.73. The fraction of sp³-hybridized carbons (Fsp3) is 0.207. The highest BCUT2D eigenvalue weighted by Crippen LogP contribution is 2.52. The summed E-state index contributed by atoms with van der Waals surface area (Å²) in [6, 6.07) is 23.6. The van der Waals surface area contributed by atoms with Crippen LogP contribution in [0.3, 0.4) is 0 Å². The molecule has 0 spiro atoms. The lowest BCUT2D eigenvalue weighted by atomic mass is 9.82. The number of esters is 1. The second-order valence-corrected chi connectivity index (χ2v) is 8.54. The highest BCUT2D eigenvalue weighted by Gasteiger charge is 2.32. The highest BCUT2D eigenvalue weighted by molar-refractivity contribution is 6.13. The van der Waals surface area contributed by atoms with E-state index < -0.39 is 0 Å². The van der Waals surface area contributed by atoms with Crippen molar-refractivity contribution in [3.63, 3.8) is 0 Å². The molecule has 0 fully saturated rings. The SMILES string of the molecule is COC(=O)c1ccc(C2=C3CCCC(c4ccc(C)cc4)=C3c3ccc(C)cc32)cc1. The summed E-state index contributed by atoms with van der Waals surface area (Å²) in [5.41, 5.74) is 13.9. The zero-order valence-electron chi connectivity index (χ0n) is 18.3. The van der Waals surface area contributed by atoms with Crippen molar-refractivity contribution in [2.75, 3.05) is 7.11 Å². The Hall–Kier alpha value is -3.39. The van der Waals surface area contributed by atoms with Crippen molar-refractivity contribution in [1.29, 1.82) is 0 Å². The van der Waals surface area contributed by atoms with Crippen LogP contribution < -0.4 is 0 Å². The van der Waals surface area contributed by atoms with Crippen LogP contribution in [0.15, 0.2) is 72.3 Å². The fourth-order valence-electron chi connectivity index (χ4n) is 4.96. The molecule has 5 rings (SSSR count). The quantitative estimate of drug-likeness (QED) is 0.438. The van der Waals surface area contributed by atoms with Crippen molar-refractivity contribution in [3.8, 4) is 0 Å². The Labute approximate surface area is 183 Å². The molecule has 2 aliphatic carbocycles. The van der Waals surface area contributed by atoms with Gasteiger partial charge in [-0.05, 0) is 89.8 Å². The van der Waals surface area contributed by atoms with Gasteiger partial charge in [0, 0.05) is 0 Å². The summed E-state index contributed by atoms with van der Waals surface area (Å²) in [5.74, 6) is -0.299. The highest BCUT2D eigenvalue weighted by atomic mass is 16.5. The van der Waals surface area contributed by atoms with Crippen molar-refractivity contribution in [2.45, 2.75) is 33.1 Å². The molecule has 0 aromatic heterocycles. The number of carbonyl (C=O) groups excluding carboxylic acids is 1. The third kappa shape index (κ3) is 3.33. The molecule has 0 radical (unpaired) electrons. The number of hydrogen-bond donors (Lipinski definition) is 0. The number of benzene rings is 3. The molecule has 0 heterocycles. The second-order valence-electron chi connectivity index (χ2n) is 8.54. The Morgan fingerprint density at radius 1 is 0.710 bits per heavy atom. The molecule has 0 aliphatic heterocycles. The summed E-state index contributed by atoms with van der Waals surface area (Å²) in [6.07, 6.45) is 3.33. The lowest BCUT2D eigenvalue weighted by Crippen LogP contribution is -2.02. The van der Waals surface area contributed by atoms with Crippen molar-refractivity contribution in [1.82, 2.24) is 0 Å². The zero-order valence-corrected chi connectivity index (χ0v) is 18.3. The maximum atomic E-state index is 11.9. The van der Waals surface area contributed by atoms with Gasteiger partial charge in [-0.25, -0.2) is 4.79 Å². The minimum Gasteiger partial charge on any atom is -0.465 e. The normalized spacial score (nSPS) is 15.1. The van der Waals surface area contributed by atoms with E-state index in [9.17, 15) is 4.79 Å². The molecular weight excluding hydrogens is 380 g/mol. The van der Waals surface area contributed by atoms with Crippen LogP contribution in [0.25, 0.3) is 16.7 Å². The molecular formula is C29H26O2. The number of allylic oxidation sites excluding steroid dienone is 3. The number of carbonyl (C=O) groups is 1. The first-order valence-electron chi connectivity index (χ1n) is 10.9.